The minimum absolute atomic E-state index is 0.0279. The van der Waals surface area contributed by atoms with Crippen molar-refractivity contribution in [1.29, 1.82) is 0 Å². The Balaban J connectivity index is 2.69. The van der Waals surface area contributed by atoms with E-state index in [-0.39, 0.29) is 18.1 Å². The summed E-state index contributed by atoms with van der Waals surface area (Å²) >= 11 is 0. The highest BCUT2D eigenvalue weighted by Crippen LogP contribution is 2.37. The van der Waals surface area contributed by atoms with E-state index in [1.807, 2.05) is 30.3 Å². The van der Waals surface area contributed by atoms with Gasteiger partial charge in [0.2, 0.25) is 0 Å². The normalized spacial score (nSPS) is 13.5. The Labute approximate surface area is 134 Å². The molecule has 5 heteroatoms. The van der Waals surface area contributed by atoms with Gasteiger partial charge in [-0.3, -0.25) is 0 Å². The van der Waals surface area contributed by atoms with Crippen LogP contribution in [0.25, 0.3) is 0 Å². The molecule has 0 unspecified atom stereocenters. The van der Waals surface area contributed by atoms with Gasteiger partial charge in [0.05, 0.1) is 0 Å². The van der Waals surface area contributed by atoms with Crippen molar-refractivity contribution in [3.63, 3.8) is 0 Å². The molecule has 22 heavy (non-hydrogen) atoms. The number of hydrogen-bond acceptors (Lipinski definition) is 4. The molecule has 122 valence electrons. The summed E-state index contributed by atoms with van der Waals surface area (Å²) in [6.45, 7) is 10.6. The predicted molar refractivity (Wildman–Crippen MR) is 89.0 cm³/mol. The van der Waals surface area contributed by atoms with Gasteiger partial charge in [0.15, 0.2) is 8.32 Å². The number of ether oxygens (including phenoxy) is 1. The van der Waals surface area contributed by atoms with Crippen molar-refractivity contribution in [2.75, 3.05) is 0 Å². The second-order valence-electron chi connectivity index (χ2n) is 6.86. The van der Waals surface area contributed by atoms with E-state index in [2.05, 4.69) is 33.9 Å². The Kier molecular flexibility index (Phi) is 6.50. The van der Waals surface area contributed by atoms with Crippen LogP contribution in [0.4, 0.5) is 0 Å². The molecule has 0 aromatic heterocycles. The Bertz CT molecular complexity index is 491. The topological polar surface area (TPSA) is 52.6 Å². The fraction of sp³-hybridized carbons (Fsp3) is 0.529. The van der Waals surface area contributed by atoms with Crippen molar-refractivity contribution in [1.82, 2.24) is 0 Å². The van der Waals surface area contributed by atoms with Crippen molar-refractivity contribution < 1.29 is 18.8 Å². The van der Waals surface area contributed by atoms with Crippen molar-refractivity contribution in [3.05, 3.63) is 35.9 Å². The Morgan fingerprint density at radius 1 is 1.23 bits per heavy atom. The number of aldehydes is 1. The lowest BCUT2D eigenvalue weighted by Gasteiger charge is -2.38. The molecule has 0 aliphatic carbocycles. The average molecular weight is 322 g/mol. The predicted octanol–water partition coefficient (Wildman–Crippen LogP) is 3.71. The van der Waals surface area contributed by atoms with Gasteiger partial charge < -0.3 is 14.0 Å². The van der Waals surface area contributed by atoms with E-state index in [0.717, 1.165) is 5.56 Å². The lowest BCUT2D eigenvalue weighted by atomic mass is 10.2. The molecule has 0 N–H and O–H groups in total. The molecule has 0 fully saturated rings. The molecule has 0 aliphatic rings. The van der Waals surface area contributed by atoms with Crippen LogP contribution in [-0.2, 0) is 25.4 Å². The lowest BCUT2D eigenvalue weighted by Crippen LogP contribution is -2.46. The van der Waals surface area contributed by atoms with Crippen LogP contribution in [-0.4, -0.2) is 26.7 Å². The van der Waals surface area contributed by atoms with Crippen LogP contribution in [0.3, 0.4) is 0 Å². The number of hydrogen-bond donors (Lipinski definition) is 0. The molecule has 0 heterocycles. The largest absolute Gasteiger partial charge is 0.459 e. The van der Waals surface area contributed by atoms with Crippen LogP contribution in [0.1, 0.15) is 32.8 Å². The van der Waals surface area contributed by atoms with Crippen LogP contribution in [0, 0.1) is 0 Å². The van der Waals surface area contributed by atoms with Crippen LogP contribution in [0.5, 0.6) is 0 Å². The van der Waals surface area contributed by atoms with E-state index >= 15 is 0 Å². The first-order valence-electron chi connectivity index (χ1n) is 7.49. The number of rotatable bonds is 7. The summed E-state index contributed by atoms with van der Waals surface area (Å²) in [6, 6.07) is 9.45. The third kappa shape index (κ3) is 5.39. The Hall–Kier alpha value is -1.46. The van der Waals surface area contributed by atoms with Crippen molar-refractivity contribution in [3.8, 4) is 0 Å². The second kappa shape index (κ2) is 7.69. The van der Waals surface area contributed by atoms with Gasteiger partial charge >= 0.3 is 5.97 Å². The van der Waals surface area contributed by atoms with Crippen molar-refractivity contribution in [2.24, 2.45) is 0 Å². The zero-order valence-corrected chi connectivity index (χ0v) is 15.1. The van der Waals surface area contributed by atoms with Crippen LogP contribution in [0.15, 0.2) is 30.3 Å². The summed E-state index contributed by atoms with van der Waals surface area (Å²) in [4.78, 5) is 23.1. The maximum absolute atomic E-state index is 12.2. The highest BCUT2D eigenvalue weighted by molar-refractivity contribution is 6.74. The summed E-state index contributed by atoms with van der Waals surface area (Å²) < 4.78 is 11.3. The molecule has 0 spiro atoms. The van der Waals surface area contributed by atoms with Crippen LogP contribution in [0.2, 0.25) is 18.1 Å². The van der Waals surface area contributed by atoms with Gasteiger partial charge in [-0.05, 0) is 23.7 Å². The number of carbonyl (C=O) groups is 2. The maximum Gasteiger partial charge on any atom is 0.334 e. The molecule has 0 bridgehead atoms. The lowest BCUT2D eigenvalue weighted by molar-refractivity contribution is -0.154. The summed E-state index contributed by atoms with van der Waals surface area (Å²) in [5.74, 6) is -0.472. The number of esters is 1. The average Bonchev–Trinajstić information content (AvgIpc) is 2.44. The summed E-state index contributed by atoms with van der Waals surface area (Å²) in [5.41, 5.74) is 0.910. The molecule has 0 saturated carbocycles. The smallest absolute Gasteiger partial charge is 0.334 e. The molecule has 0 radical (unpaired) electrons. The molecule has 0 aliphatic heterocycles. The van der Waals surface area contributed by atoms with Gasteiger partial charge in [0.25, 0.3) is 0 Å². The molecule has 1 aromatic carbocycles. The third-order valence-electron chi connectivity index (χ3n) is 4.04. The molecule has 0 amide bonds. The monoisotopic (exact) mass is 322 g/mol. The highest BCUT2D eigenvalue weighted by atomic mass is 28.4. The van der Waals surface area contributed by atoms with Crippen molar-refractivity contribution >= 4 is 20.6 Å². The molecular weight excluding hydrogens is 296 g/mol. The van der Waals surface area contributed by atoms with Crippen molar-refractivity contribution in [2.45, 2.75) is 58.0 Å². The first-order chi connectivity index (χ1) is 10.2. The van der Waals surface area contributed by atoms with Gasteiger partial charge in [-0.2, -0.15) is 0 Å². The van der Waals surface area contributed by atoms with Crippen LogP contribution < -0.4 is 0 Å². The zero-order valence-electron chi connectivity index (χ0n) is 14.1. The van der Waals surface area contributed by atoms with E-state index in [4.69, 9.17) is 9.16 Å². The van der Waals surface area contributed by atoms with Gasteiger partial charge in [-0.15, -0.1) is 0 Å². The minimum Gasteiger partial charge on any atom is -0.459 e. The molecule has 0 saturated heterocycles. The first kappa shape index (κ1) is 18.6. The Morgan fingerprint density at radius 2 is 1.82 bits per heavy atom. The molecular formula is C17H26O4Si. The highest BCUT2D eigenvalue weighted by Gasteiger charge is 2.41. The molecule has 1 rings (SSSR count). The third-order valence-corrected chi connectivity index (χ3v) is 8.53. The van der Waals surface area contributed by atoms with E-state index in [1.54, 1.807) is 0 Å². The Morgan fingerprint density at radius 3 is 2.32 bits per heavy atom. The standard InChI is InChI=1S/C17H26O4Si/c1-17(2,3)22(4,5)21-15(11-12-18)16(19)20-13-14-9-7-6-8-10-14/h6-10,12,15H,11,13H2,1-5H3/t15-/m0/s1. The maximum atomic E-state index is 12.2. The van der Waals surface area contributed by atoms with E-state index in [1.165, 1.54) is 0 Å². The summed E-state index contributed by atoms with van der Waals surface area (Å²) in [5, 5.41) is -0.0339. The minimum atomic E-state index is -2.14. The summed E-state index contributed by atoms with van der Waals surface area (Å²) in [7, 11) is -2.14. The van der Waals surface area contributed by atoms with E-state index < -0.39 is 20.4 Å². The van der Waals surface area contributed by atoms with Gasteiger partial charge in [-0.1, -0.05) is 51.1 Å². The SMILES string of the molecule is CC(C)(C)[Si](C)(C)O[C@@H](CC=O)C(=O)OCc1ccccc1. The molecule has 4 nitrogen and oxygen atoms in total. The van der Waals surface area contributed by atoms with Gasteiger partial charge in [-0.25, -0.2) is 4.79 Å². The first-order valence-corrected chi connectivity index (χ1v) is 10.4. The van der Waals surface area contributed by atoms with E-state index in [9.17, 15) is 9.59 Å². The summed E-state index contributed by atoms with van der Waals surface area (Å²) in [6.07, 6.45) is -0.0797. The quantitative estimate of drug-likeness (QED) is 0.436. The van der Waals surface area contributed by atoms with Gasteiger partial charge in [0, 0.05) is 6.42 Å². The number of carbonyl (C=O) groups excluding carboxylic acids is 2. The van der Waals surface area contributed by atoms with Crippen LogP contribution >= 0.6 is 0 Å². The molecule has 1 atom stereocenters. The number of benzene rings is 1. The van der Waals surface area contributed by atoms with E-state index in [0.29, 0.717) is 6.29 Å². The zero-order chi connectivity index (χ0) is 16.8. The second-order valence-corrected chi connectivity index (χ2v) is 11.6. The fourth-order valence-electron chi connectivity index (χ4n) is 1.63. The fourth-order valence-corrected chi connectivity index (χ4v) is 2.89. The van der Waals surface area contributed by atoms with Gasteiger partial charge in [0.1, 0.15) is 19.0 Å². The molecule has 1 aromatic rings.